The highest BCUT2D eigenvalue weighted by atomic mass is 35.5. The Hall–Kier alpha value is -3.39. The van der Waals surface area contributed by atoms with Gasteiger partial charge in [-0.3, -0.25) is 9.59 Å². The van der Waals surface area contributed by atoms with Gasteiger partial charge in [-0.25, -0.2) is 0 Å². The minimum Gasteiger partial charge on any atom is -0.507 e. The highest BCUT2D eigenvalue weighted by molar-refractivity contribution is 6.46. The fourth-order valence-electron chi connectivity index (χ4n) is 3.95. The summed E-state index contributed by atoms with van der Waals surface area (Å²) >= 11 is 6.19. The fraction of sp³-hybridized carbons (Fsp3) is 0.360. The first kappa shape index (κ1) is 25.2. The van der Waals surface area contributed by atoms with Crippen molar-refractivity contribution in [1.82, 2.24) is 4.90 Å². The van der Waals surface area contributed by atoms with Crippen LogP contribution in [0.15, 0.2) is 35.9 Å². The summed E-state index contributed by atoms with van der Waals surface area (Å²) in [7, 11) is 2.83. The zero-order valence-corrected chi connectivity index (χ0v) is 20.3. The summed E-state index contributed by atoms with van der Waals surface area (Å²) in [5.74, 6) is -1.33. The first-order valence-electron chi connectivity index (χ1n) is 10.9. The Morgan fingerprint density at radius 2 is 1.76 bits per heavy atom. The van der Waals surface area contributed by atoms with Crippen LogP contribution in [-0.4, -0.2) is 54.2 Å². The molecule has 0 spiro atoms. The van der Waals surface area contributed by atoms with Crippen molar-refractivity contribution in [2.75, 3.05) is 27.4 Å². The Kier molecular flexibility index (Phi) is 7.94. The number of hydrogen-bond acceptors (Lipinski definition) is 7. The predicted molar refractivity (Wildman–Crippen MR) is 128 cm³/mol. The Labute approximate surface area is 203 Å². The molecule has 182 valence electrons. The normalized spacial score (nSPS) is 17.2. The zero-order chi connectivity index (χ0) is 25.0. The molecular weight excluding hydrogens is 462 g/mol. The second-order valence-electron chi connectivity index (χ2n) is 7.69. The Morgan fingerprint density at radius 1 is 1.06 bits per heavy atom. The smallest absolute Gasteiger partial charge is 0.295 e. The van der Waals surface area contributed by atoms with E-state index in [-0.39, 0.29) is 39.2 Å². The molecule has 8 nitrogen and oxygen atoms in total. The average Bonchev–Trinajstić information content (AvgIpc) is 3.08. The molecule has 1 saturated heterocycles. The van der Waals surface area contributed by atoms with E-state index < -0.39 is 23.5 Å². The van der Waals surface area contributed by atoms with E-state index in [1.54, 1.807) is 19.1 Å². The number of aliphatic hydroxyl groups is 1. The van der Waals surface area contributed by atoms with Gasteiger partial charge in [-0.05, 0) is 37.1 Å². The van der Waals surface area contributed by atoms with Gasteiger partial charge in [0.2, 0.25) is 0 Å². The molecule has 1 amide bonds. The molecule has 1 atom stereocenters. The number of nitrogens with zero attached hydrogens (tertiary/aromatic N) is 1. The number of aliphatic hydroxyl groups excluding tert-OH is 1. The number of phenolic OH excluding ortho intramolecular Hbond substituents is 1. The third kappa shape index (κ3) is 4.63. The van der Waals surface area contributed by atoms with Crippen LogP contribution in [0.2, 0.25) is 5.02 Å². The molecule has 0 radical (unpaired) electrons. The zero-order valence-electron chi connectivity index (χ0n) is 19.6. The van der Waals surface area contributed by atoms with Crippen molar-refractivity contribution < 1.29 is 34.0 Å². The third-order valence-corrected chi connectivity index (χ3v) is 5.92. The van der Waals surface area contributed by atoms with Crippen molar-refractivity contribution in [3.8, 4) is 23.0 Å². The molecule has 2 aromatic rings. The highest BCUT2D eigenvalue weighted by Gasteiger charge is 2.46. The van der Waals surface area contributed by atoms with Crippen LogP contribution in [-0.2, 0) is 9.59 Å². The van der Waals surface area contributed by atoms with E-state index >= 15 is 0 Å². The lowest BCUT2D eigenvalue weighted by molar-refractivity contribution is -0.139. The van der Waals surface area contributed by atoms with Gasteiger partial charge in [0.15, 0.2) is 11.5 Å². The standard InChI is InChI=1S/C25H28ClNO7/c1-5-7-10-27-22(14-8-9-17(28)20(11-14)34-6-2)21(24(30)25(27)31)23(29)15-12-19(33-4)16(26)13-18(15)32-3/h8-9,11-13,22,28-29H,5-7,10H2,1-4H3/b23-21+. The lowest BCUT2D eigenvalue weighted by Gasteiger charge is -2.26. The molecule has 0 saturated carbocycles. The molecule has 9 heteroatoms. The van der Waals surface area contributed by atoms with Gasteiger partial charge < -0.3 is 29.3 Å². The lowest BCUT2D eigenvalue weighted by Crippen LogP contribution is -2.30. The molecular formula is C25H28ClNO7. The number of Topliss-reactive ketones (excluding diaryl/α,β-unsaturated/α-hetero) is 1. The van der Waals surface area contributed by atoms with E-state index in [0.717, 1.165) is 6.42 Å². The van der Waals surface area contributed by atoms with Crippen molar-refractivity contribution in [1.29, 1.82) is 0 Å². The van der Waals surface area contributed by atoms with Gasteiger partial charge in [-0.2, -0.15) is 0 Å². The summed E-state index contributed by atoms with van der Waals surface area (Å²) in [6.45, 7) is 4.38. The largest absolute Gasteiger partial charge is 0.507 e. The number of carbonyl (C=O) groups is 2. The maximum Gasteiger partial charge on any atom is 0.295 e. The van der Waals surface area contributed by atoms with Crippen LogP contribution >= 0.6 is 11.6 Å². The first-order chi connectivity index (χ1) is 16.3. The second-order valence-corrected chi connectivity index (χ2v) is 8.10. The molecule has 1 aliphatic rings. The van der Waals surface area contributed by atoms with Crippen LogP contribution in [0, 0.1) is 0 Å². The Balaban J connectivity index is 2.27. The molecule has 1 fully saturated rings. The van der Waals surface area contributed by atoms with Gasteiger partial charge >= 0.3 is 0 Å². The number of amides is 1. The van der Waals surface area contributed by atoms with Crippen LogP contribution < -0.4 is 14.2 Å². The molecule has 1 heterocycles. The third-order valence-electron chi connectivity index (χ3n) is 5.62. The molecule has 0 bridgehead atoms. The molecule has 2 N–H and O–H groups in total. The van der Waals surface area contributed by atoms with Crippen LogP contribution in [0.25, 0.3) is 5.76 Å². The van der Waals surface area contributed by atoms with Gasteiger partial charge in [-0.1, -0.05) is 31.0 Å². The van der Waals surface area contributed by atoms with E-state index in [0.29, 0.717) is 25.1 Å². The maximum atomic E-state index is 13.2. The van der Waals surface area contributed by atoms with Crippen molar-refractivity contribution in [3.05, 3.63) is 52.1 Å². The van der Waals surface area contributed by atoms with Crippen LogP contribution in [0.4, 0.5) is 0 Å². The number of hydrogen-bond donors (Lipinski definition) is 2. The van der Waals surface area contributed by atoms with Crippen molar-refractivity contribution in [3.63, 3.8) is 0 Å². The quantitative estimate of drug-likeness (QED) is 0.299. The monoisotopic (exact) mass is 489 g/mol. The Bertz CT molecular complexity index is 1130. The average molecular weight is 490 g/mol. The predicted octanol–water partition coefficient (Wildman–Crippen LogP) is 4.68. The summed E-state index contributed by atoms with van der Waals surface area (Å²) in [5, 5.41) is 21.8. The SMILES string of the molecule is CCCCN1C(=O)C(=O)/C(=C(/O)c2cc(OC)c(Cl)cc2OC)C1c1ccc(O)c(OCC)c1. The minimum atomic E-state index is -0.891. The van der Waals surface area contributed by atoms with Crippen molar-refractivity contribution in [2.24, 2.45) is 0 Å². The number of halogens is 1. The molecule has 3 rings (SSSR count). The van der Waals surface area contributed by atoms with Gasteiger partial charge in [0.25, 0.3) is 11.7 Å². The highest BCUT2D eigenvalue weighted by Crippen LogP contribution is 2.44. The van der Waals surface area contributed by atoms with E-state index in [9.17, 15) is 19.8 Å². The second kappa shape index (κ2) is 10.7. The summed E-state index contributed by atoms with van der Waals surface area (Å²) in [5.41, 5.74) is 0.570. The number of rotatable bonds is 9. The fourth-order valence-corrected chi connectivity index (χ4v) is 4.18. The summed E-state index contributed by atoms with van der Waals surface area (Å²) in [6.07, 6.45) is 1.47. The number of unbranched alkanes of at least 4 members (excludes halogenated alkanes) is 1. The molecule has 1 aliphatic heterocycles. The first-order valence-corrected chi connectivity index (χ1v) is 11.3. The minimum absolute atomic E-state index is 0.0692. The van der Waals surface area contributed by atoms with Crippen LogP contribution in [0.3, 0.4) is 0 Å². The Morgan fingerprint density at radius 3 is 2.38 bits per heavy atom. The molecule has 0 aromatic heterocycles. The van der Waals surface area contributed by atoms with Gasteiger partial charge in [0.1, 0.15) is 17.3 Å². The van der Waals surface area contributed by atoms with Gasteiger partial charge in [0.05, 0.1) is 43.0 Å². The number of benzene rings is 2. The molecule has 2 aromatic carbocycles. The molecule has 1 unspecified atom stereocenters. The summed E-state index contributed by atoms with van der Waals surface area (Å²) in [4.78, 5) is 27.6. The van der Waals surface area contributed by atoms with Gasteiger partial charge in [-0.15, -0.1) is 0 Å². The van der Waals surface area contributed by atoms with E-state index in [4.69, 9.17) is 25.8 Å². The number of ether oxygens (including phenoxy) is 3. The van der Waals surface area contributed by atoms with E-state index in [1.807, 2.05) is 6.92 Å². The number of ketones is 1. The lowest BCUT2D eigenvalue weighted by atomic mass is 9.94. The van der Waals surface area contributed by atoms with E-state index in [1.165, 1.54) is 37.3 Å². The summed E-state index contributed by atoms with van der Waals surface area (Å²) in [6, 6.07) is 6.63. The molecule has 34 heavy (non-hydrogen) atoms. The molecule has 0 aliphatic carbocycles. The van der Waals surface area contributed by atoms with Crippen molar-refractivity contribution >= 4 is 29.1 Å². The van der Waals surface area contributed by atoms with Crippen LogP contribution in [0.5, 0.6) is 23.0 Å². The maximum absolute atomic E-state index is 13.2. The summed E-state index contributed by atoms with van der Waals surface area (Å²) < 4.78 is 16.1. The topological polar surface area (TPSA) is 106 Å². The number of methoxy groups -OCH3 is 2. The number of aromatic hydroxyl groups is 1. The number of likely N-dealkylation sites (tertiary alicyclic amines) is 1. The van der Waals surface area contributed by atoms with Gasteiger partial charge in [0, 0.05) is 12.6 Å². The number of carbonyl (C=O) groups excluding carboxylic acids is 2. The van der Waals surface area contributed by atoms with Crippen LogP contribution in [0.1, 0.15) is 43.9 Å². The van der Waals surface area contributed by atoms with E-state index in [2.05, 4.69) is 0 Å². The number of phenols is 1. The van der Waals surface area contributed by atoms with Crippen molar-refractivity contribution in [2.45, 2.75) is 32.7 Å².